The Labute approximate surface area is 91.6 Å². The fraction of sp³-hybridized carbons (Fsp3) is 0.800. The summed E-state index contributed by atoms with van der Waals surface area (Å²) in [5.74, 6) is 0.659. The second-order valence-corrected chi connectivity index (χ2v) is 4.49. The van der Waals surface area contributed by atoms with Gasteiger partial charge in [-0.15, -0.1) is 0 Å². The first kappa shape index (κ1) is 13.4. The van der Waals surface area contributed by atoms with Gasteiger partial charge >= 0.3 is 0 Å². The SMILES string of the molecule is CC(C)CCC(=O)N(C)C(C)C(N)=S. The van der Waals surface area contributed by atoms with E-state index in [0.29, 0.717) is 17.3 Å². The predicted octanol–water partition coefficient (Wildman–Crippen LogP) is 1.56. The van der Waals surface area contributed by atoms with E-state index in [2.05, 4.69) is 13.8 Å². The van der Waals surface area contributed by atoms with Gasteiger partial charge in [-0.1, -0.05) is 26.1 Å². The highest BCUT2D eigenvalue weighted by molar-refractivity contribution is 7.80. The first-order valence-corrected chi connectivity index (χ1v) is 5.32. The van der Waals surface area contributed by atoms with Crippen molar-refractivity contribution in [3.8, 4) is 0 Å². The van der Waals surface area contributed by atoms with E-state index in [1.165, 1.54) is 0 Å². The molecule has 0 aliphatic carbocycles. The number of rotatable bonds is 5. The summed E-state index contributed by atoms with van der Waals surface area (Å²) in [4.78, 5) is 13.6. The number of hydrogen-bond acceptors (Lipinski definition) is 2. The van der Waals surface area contributed by atoms with Gasteiger partial charge in [0, 0.05) is 13.5 Å². The van der Waals surface area contributed by atoms with Crippen molar-refractivity contribution in [1.82, 2.24) is 4.90 Å². The van der Waals surface area contributed by atoms with Crippen molar-refractivity contribution in [2.45, 2.75) is 39.7 Å². The van der Waals surface area contributed by atoms with Crippen LogP contribution < -0.4 is 5.73 Å². The zero-order chi connectivity index (χ0) is 11.3. The molecule has 0 rings (SSSR count). The quantitative estimate of drug-likeness (QED) is 0.709. The number of carbonyl (C=O) groups is 1. The molecule has 0 bridgehead atoms. The highest BCUT2D eigenvalue weighted by Crippen LogP contribution is 2.07. The van der Waals surface area contributed by atoms with Gasteiger partial charge in [-0.25, -0.2) is 0 Å². The number of carbonyl (C=O) groups excluding carboxylic acids is 1. The summed E-state index contributed by atoms with van der Waals surface area (Å²) in [7, 11) is 1.74. The fourth-order valence-corrected chi connectivity index (χ4v) is 1.15. The minimum absolute atomic E-state index is 0.110. The van der Waals surface area contributed by atoms with Gasteiger partial charge < -0.3 is 10.6 Å². The Balaban J connectivity index is 4.05. The molecule has 0 saturated carbocycles. The lowest BCUT2D eigenvalue weighted by molar-refractivity contribution is -0.130. The minimum atomic E-state index is -0.148. The maximum atomic E-state index is 11.6. The van der Waals surface area contributed by atoms with Gasteiger partial charge in [0.05, 0.1) is 11.0 Å². The van der Waals surface area contributed by atoms with E-state index in [-0.39, 0.29) is 11.9 Å². The van der Waals surface area contributed by atoms with Crippen molar-refractivity contribution < 1.29 is 4.79 Å². The summed E-state index contributed by atoms with van der Waals surface area (Å²) in [5.41, 5.74) is 5.47. The van der Waals surface area contributed by atoms with Crippen molar-refractivity contribution in [2.75, 3.05) is 7.05 Å². The molecule has 0 aromatic rings. The van der Waals surface area contributed by atoms with Crippen molar-refractivity contribution in [2.24, 2.45) is 11.7 Å². The van der Waals surface area contributed by atoms with E-state index in [0.717, 1.165) is 6.42 Å². The Kier molecular flexibility index (Phi) is 5.69. The van der Waals surface area contributed by atoms with Gasteiger partial charge in [0.2, 0.25) is 5.91 Å². The third-order valence-corrected chi connectivity index (χ3v) is 2.66. The standard InChI is InChI=1S/C10H20N2OS/c1-7(2)5-6-9(13)12(4)8(3)10(11)14/h7-8H,5-6H2,1-4H3,(H2,11,14). The van der Waals surface area contributed by atoms with Crippen molar-refractivity contribution in [1.29, 1.82) is 0 Å². The molecule has 3 nitrogen and oxygen atoms in total. The molecule has 4 heteroatoms. The van der Waals surface area contributed by atoms with E-state index in [1.807, 2.05) is 6.92 Å². The molecule has 0 aliphatic rings. The molecule has 0 heterocycles. The molecule has 0 spiro atoms. The molecule has 0 saturated heterocycles. The highest BCUT2D eigenvalue weighted by atomic mass is 32.1. The fourth-order valence-electron chi connectivity index (χ4n) is 0.995. The second kappa shape index (κ2) is 5.96. The van der Waals surface area contributed by atoms with Crippen LogP contribution in [0.5, 0.6) is 0 Å². The Morgan fingerprint density at radius 3 is 2.29 bits per heavy atom. The van der Waals surface area contributed by atoms with Crippen LogP contribution >= 0.6 is 12.2 Å². The van der Waals surface area contributed by atoms with E-state index in [1.54, 1.807) is 11.9 Å². The molecule has 0 aromatic heterocycles. The molecule has 0 fully saturated rings. The molecule has 82 valence electrons. The number of nitrogens with two attached hydrogens (primary N) is 1. The minimum Gasteiger partial charge on any atom is -0.392 e. The normalized spacial score (nSPS) is 12.6. The first-order chi connectivity index (χ1) is 6.36. The smallest absolute Gasteiger partial charge is 0.222 e. The molecule has 14 heavy (non-hydrogen) atoms. The second-order valence-electron chi connectivity index (χ2n) is 4.02. The molecule has 1 amide bonds. The monoisotopic (exact) mass is 216 g/mol. The van der Waals surface area contributed by atoms with Crippen molar-refractivity contribution in [3.05, 3.63) is 0 Å². The topological polar surface area (TPSA) is 46.3 Å². The average Bonchev–Trinajstić information content (AvgIpc) is 2.11. The number of hydrogen-bond donors (Lipinski definition) is 1. The summed E-state index contributed by atoms with van der Waals surface area (Å²) >= 11 is 4.83. The zero-order valence-corrected chi connectivity index (χ0v) is 10.2. The van der Waals surface area contributed by atoms with Gasteiger partial charge in [0.1, 0.15) is 0 Å². The number of amides is 1. The van der Waals surface area contributed by atoms with Crippen LogP contribution in [0.4, 0.5) is 0 Å². The van der Waals surface area contributed by atoms with Crippen LogP contribution in [0.2, 0.25) is 0 Å². The number of nitrogens with zero attached hydrogens (tertiary/aromatic N) is 1. The van der Waals surface area contributed by atoms with Crippen molar-refractivity contribution in [3.63, 3.8) is 0 Å². The number of thiocarbonyl (C=S) groups is 1. The van der Waals surface area contributed by atoms with Crippen LogP contribution in [0.25, 0.3) is 0 Å². The van der Waals surface area contributed by atoms with E-state index in [9.17, 15) is 4.79 Å². The summed E-state index contributed by atoms with van der Waals surface area (Å²) in [5, 5.41) is 0. The van der Waals surface area contributed by atoms with Crippen LogP contribution in [0, 0.1) is 5.92 Å². The largest absolute Gasteiger partial charge is 0.392 e. The summed E-state index contributed by atoms with van der Waals surface area (Å²) in [6, 6.07) is -0.148. The Hall–Kier alpha value is -0.640. The van der Waals surface area contributed by atoms with Crippen LogP contribution in [0.3, 0.4) is 0 Å². The molecule has 1 unspecified atom stereocenters. The summed E-state index contributed by atoms with van der Waals surface area (Å²) < 4.78 is 0. The number of likely N-dealkylation sites (N-methyl/N-ethyl adjacent to an activating group) is 1. The highest BCUT2D eigenvalue weighted by Gasteiger charge is 2.17. The Morgan fingerprint density at radius 1 is 1.43 bits per heavy atom. The van der Waals surface area contributed by atoms with E-state index < -0.39 is 0 Å². The predicted molar refractivity (Wildman–Crippen MR) is 63.1 cm³/mol. The molecule has 2 N–H and O–H groups in total. The lowest BCUT2D eigenvalue weighted by Crippen LogP contribution is -2.42. The average molecular weight is 216 g/mol. The van der Waals surface area contributed by atoms with Crippen LogP contribution in [0.15, 0.2) is 0 Å². The van der Waals surface area contributed by atoms with E-state index in [4.69, 9.17) is 18.0 Å². The lowest BCUT2D eigenvalue weighted by atomic mass is 10.1. The lowest BCUT2D eigenvalue weighted by Gasteiger charge is -2.24. The summed E-state index contributed by atoms with van der Waals surface area (Å²) in [6.45, 7) is 6.05. The van der Waals surface area contributed by atoms with Crippen molar-refractivity contribution >= 4 is 23.1 Å². The van der Waals surface area contributed by atoms with Crippen LogP contribution in [0.1, 0.15) is 33.6 Å². The van der Waals surface area contributed by atoms with Gasteiger partial charge in [-0.2, -0.15) is 0 Å². The van der Waals surface area contributed by atoms with E-state index >= 15 is 0 Å². The van der Waals surface area contributed by atoms with Crippen LogP contribution in [-0.2, 0) is 4.79 Å². The van der Waals surface area contributed by atoms with Gasteiger partial charge in [-0.05, 0) is 19.3 Å². The molecular weight excluding hydrogens is 196 g/mol. The first-order valence-electron chi connectivity index (χ1n) is 4.91. The maximum absolute atomic E-state index is 11.6. The molecular formula is C10H20N2OS. The Bertz CT molecular complexity index is 216. The van der Waals surface area contributed by atoms with Gasteiger partial charge in [0.15, 0.2) is 0 Å². The van der Waals surface area contributed by atoms with Crippen LogP contribution in [-0.4, -0.2) is 28.9 Å². The molecule has 0 aliphatic heterocycles. The summed E-state index contributed by atoms with van der Waals surface area (Å²) in [6.07, 6.45) is 1.48. The van der Waals surface area contributed by atoms with Gasteiger partial charge in [-0.3, -0.25) is 4.79 Å². The maximum Gasteiger partial charge on any atom is 0.222 e. The molecule has 1 atom stereocenters. The molecule has 0 aromatic carbocycles. The zero-order valence-electron chi connectivity index (χ0n) is 9.41. The molecule has 0 radical (unpaired) electrons. The van der Waals surface area contributed by atoms with Gasteiger partial charge in [0.25, 0.3) is 0 Å². The Morgan fingerprint density at radius 2 is 1.93 bits per heavy atom. The third kappa shape index (κ3) is 4.56. The third-order valence-electron chi connectivity index (χ3n) is 2.32.